The molecule has 4 N–H and O–H groups in total. The Labute approximate surface area is 113 Å². The van der Waals surface area contributed by atoms with Gasteiger partial charge in [-0.15, -0.1) is 0 Å². The van der Waals surface area contributed by atoms with Crippen LogP contribution < -0.4 is 10.9 Å². The van der Waals surface area contributed by atoms with E-state index in [1.54, 1.807) is 12.4 Å². The fourth-order valence-corrected chi connectivity index (χ4v) is 3.07. The number of nitrogens with zero attached hydrogens (tertiary/aromatic N) is 1. The summed E-state index contributed by atoms with van der Waals surface area (Å²) in [6, 6.07) is 0. The van der Waals surface area contributed by atoms with Crippen molar-refractivity contribution in [1.29, 1.82) is 0 Å². The quantitative estimate of drug-likeness (QED) is 0.620. The van der Waals surface area contributed by atoms with E-state index < -0.39 is 5.92 Å². The molecule has 0 radical (unpaired) electrons. The summed E-state index contributed by atoms with van der Waals surface area (Å²) in [4.78, 5) is 31.6. The highest BCUT2D eigenvalue weighted by atomic mass is 16.1. The molecule has 102 valence electrons. The molecule has 0 fully saturated rings. The van der Waals surface area contributed by atoms with E-state index in [1.165, 1.54) is 0 Å². The maximum absolute atomic E-state index is 12.3. The number of ketones is 1. The van der Waals surface area contributed by atoms with E-state index in [0.29, 0.717) is 29.2 Å². The lowest BCUT2D eigenvalue weighted by molar-refractivity contribution is -0.116. The number of carbonyl (C=O) groups excluding carboxylic acids is 1. The van der Waals surface area contributed by atoms with Crippen molar-refractivity contribution >= 4 is 11.6 Å². The van der Waals surface area contributed by atoms with Gasteiger partial charge in [0.1, 0.15) is 11.6 Å². The second kappa shape index (κ2) is 3.96. The number of H-pyrrole nitrogens is 3. The van der Waals surface area contributed by atoms with E-state index in [2.05, 4.69) is 25.5 Å². The van der Waals surface area contributed by atoms with Crippen LogP contribution in [0.4, 0.5) is 5.82 Å². The first-order chi connectivity index (χ1) is 9.75. The number of Topliss-reactive ketones (excluding diaryl/α,β-unsaturated/α-hetero) is 1. The molecule has 0 unspecified atom stereocenters. The molecule has 20 heavy (non-hydrogen) atoms. The lowest BCUT2D eigenvalue weighted by Crippen LogP contribution is -2.29. The van der Waals surface area contributed by atoms with Crippen LogP contribution in [-0.2, 0) is 4.79 Å². The second-order valence-corrected chi connectivity index (χ2v) is 5.07. The highest BCUT2D eigenvalue weighted by Crippen LogP contribution is 2.41. The third-order valence-corrected chi connectivity index (χ3v) is 3.92. The highest BCUT2D eigenvalue weighted by molar-refractivity contribution is 6.00. The average molecular weight is 271 g/mol. The number of hydrogen-bond donors (Lipinski definition) is 4. The molecule has 0 saturated carbocycles. The minimum absolute atomic E-state index is 0.0893. The molecule has 0 amide bonds. The van der Waals surface area contributed by atoms with Gasteiger partial charge in [0.05, 0.1) is 11.5 Å². The number of fused-ring (bicyclic) bond motifs is 1. The number of carbonyl (C=O) groups is 1. The Kier molecular flexibility index (Phi) is 2.23. The number of aromatic nitrogens is 4. The first kappa shape index (κ1) is 11.3. The van der Waals surface area contributed by atoms with E-state index in [9.17, 15) is 9.59 Å². The molecule has 0 bridgehead atoms. The molecule has 0 spiro atoms. The molecule has 7 heteroatoms. The summed E-state index contributed by atoms with van der Waals surface area (Å²) in [6.07, 6.45) is 5.50. The first-order valence-corrected chi connectivity index (χ1v) is 6.59. The van der Waals surface area contributed by atoms with Crippen molar-refractivity contribution in [1.82, 2.24) is 20.2 Å². The zero-order valence-corrected chi connectivity index (χ0v) is 10.6. The van der Waals surface area contributed by atoms with Gasteiger partial charge < -0.3 is 10.3 Å². The summed E-state index contributed by atoms with van der Waals surface area (Å²) in [5.74, 6) is 0.927. The molecule has 0 saturated heterocycles. The topological polar surface area (TPSA) is 106 Å². The van der Waals surface area contributed by atoms with Gasteiger partial charge in [-0.3, -0.25) is 19.8 Å². The summed E-state index contributed by atoms with van der Waals surface area (Å²) in [7, 11) is 0. The molecule has 7 nitrogen and oxygen atoms in total. The van der Waals surface area contributed by atoms with Gasteiger partial charge in [0.15, 0.2) is 5.78 Å². The van der Waals surface area contributed by atoms with Crippen LogP contribution in [0.25, 0.3) is 0 Å². The zero-order valence-electron chi connectivity index (χ0n) is 10.6. The molecule has 2 aliphatic rings. The van der Waals surface area contributed by atoms with Crippen LogP contribution >= 0.6 is 0 Å². The van der Waals surface area contributed by atoms with Gasteiger partial charge in [0, 0.05) is 30.1 Å². The summed E-state index contributed by atoms with van der Waals surface area (Å²) < 4.78 is 0. The van der Waals surface area contributed by atoms with Crippen molar-refractivity contribution in [2.24, 2.45) is 0 Å². The van der Waals surface area contributed by atoms with Crippen LogP contribution in [0.15, 0.2) is 28.5 Å². The third kappa shape index (κ3) is 1.43. The fourth-order valence-electron chi connectivity index (χ4n) is 3.07. The van der Waals surface area contributed by atoms with Crippen molar-refractivity contribution in [3.8, 4) is 0 Å². The predicted octanol–water partition coefficient (Wildman–Crippen LogP) is 0.991. The Bertz CT molecular complexity index is 765. The number of aromatic amines is 3. The van der Waals surface area contributed by atoms with Gasteiger partial charge >= 0.3 is 0 Å². The molecule has 3 heterocycles. The smallest absolute Gasteiger partial charge is 0.270 e. The number of allylic oxidation sites excluding steroid dienone is 2. The largest absolute Gasteiger partial charge is 0.348 e. The highest BCUT2D eigenvalue weighted by Gasteiger charge is 2.38. The number of hydrogen-bond acceptors (Lipinski definition) is 4. The van der Waals surface area contributed by atoms with Gasteiger partial charge in [-0.2, -0.15) is 0 Å². The molecular formula is C13H13N5O2. The average Bonchev–Trinajstić information content (AvgIpc) is 3.08. The van der Waals surface area contributed by atoms with E-state index in [4.69, 9.17) is 0 Å². The lowest BCUT2D eigenvalue weighted by Gasteiger charge is -2.29. The van der Waals surface area contributed by atoms with Gasteiger partial charge in [-0.1, -0.05) is 0 Å². The maximum Gasteiger partial charge on any atom is 0.270 e. The van der Waals surface area contributed by atoms with Crippen LogP contribution in [-0.4, -0.2) is 25.9 Å². The molecular weight excluding hydrogens is 258 g/mol. The Morgan fingerprint density at radius 2 is 2.10 bits per heavy atom. The van der Waals surface area contributed by atoms with Crippen molar-refractivity contribution in [3.63, 3.8) is 0 Å². The Morgan fingerprint density at radius 3 is 2.90 bits per heavy atom. The van der Waals surface area contributed by atoms with Crippen LogP contribution in [0.2, 0.25) is 0 Å². The molecule has 4 rings (SSSR count). The normalized spacial score (nSPS) is 21.4. The lowest BCUT2D eigenvalue weighted by atomic mass is 9.80. The summed E-state index contributed by atoms with van der Waals surface area (Å²) in [5.41, 5.74) is 1.86. The fraction of sp³-hybridized carbons (Fsp3) is 0.308. The second-order valence-electron chi connectivity index (χ2n) is 5.07. The maximum atomic E-state index is 12.3. The molecule has 2 aromatic rings. The van der Waals surface area contributed by atoms with Gasteiger partial charge in [0.25, 0.3) is 5.56 Å². The van der Waals surface area contributed by atoms with Crippen molar-refractivity contribution < 1.29 is 4.79 Å². The van der Waals surface area contributed by atoms with Crippen LogP contribution in [0.3, 0.4) is 0 Å². The van der Waals surface area contributed by atoms with Crippen LogP contribution in [0, 0.1) is 0 Å². The Morgan fingerprint density at radius 1 is 1.20 bits per heavy atom. The summed E-state index contributed by atoms with van der Waals surface area (Å²) >= 11 is 0. The number of anilines is 1. The van der Waals surface area contributed by atoms with E-state index in [1.807, 2.05) is 0 Å². The standard InChI is InChI=1S/C13H13N5O2/c19-7-3-1-2-6-8(7)9(11-14-4-5-15-11)10-12(16-6)17-18-13(10)20/h4-5,9H,1-3H2,(H,14,15)(H3,16,17,18,20)/t9-/m0/s1. The molecule has 1 aliphatic carbocycles. The predicted molar refractivity (Wildman–Crippen MR) is 71.4 cm³/mol. The van der Waals surface area contributed by atoms with Crippen molar-refractivity contribution in [2.75, 3.05) is 5.32 Å². The van der Waals surface area contributed by atoms with Gasteiger partial charge in [0.2, 0.25) is 0 Å². The minimum atomic E-state index is -0.418. The summed E-state index contributed by atoms with van der Waals surface area (Å²) in [6.45, 7) is 0. The number of rotatable bonds is 1. The third-order valence-electron chi connectivity index (χ3n) is 3.92. The molecule has 1 aliphatic heterocycles. The van der Waals surface area contributed by atoms with Crippen LogP contribution in [0.5, 0.6) is 0 Å². The Hall–Kier alpha value is -2.57. The van der Waals surface area contributed by atoms with E-state index in [0.717, 1.165) is 18.5 Å². The minimum Gasteiger partial charge on any atom is -0.348 e. The zero-order chi connectivity index (χ0) is 13.7. The van der Waals surface area contributed by atoms with Gasteiger partial charge in [-0.05, 0) is 12.8 Å². The Balaban J connectivity index is 1.99. The molecule has 0 aromatic carbocycles. The van der Waals surface area contributed by atoms with Crippen molar-refractivity contribution in [3.05, 3.63) is 45.4 Å². The van der Waals surface area contributed by atoms with E-state index >= 15 is 0 Å². The van der Waals surface area contributed by atoms with E-state index in [-0.39, 0.29) is 11.3 Å². The van der Waals surface area contributed by atoms with Crippen molar-refractivity contribution in [2.45, 2.75) is 25.2 Å². The number of nitrogens with one attached hydrogen (secondary N) is 4. The first-order valence-electron chi connectivity index (χ1n) is 6.59. The SMILES string of the molecule is O=C1CCCC2=C1[C@H](c1ncc[nH]1)c1c([nH][nH]c1=O)N2. The van der Waals surface area contributed by atoms with Gasteiger partial charge in [-0.25, -0.2) is 4.98 Å². The number of imidazole rings is 1. The van der Waals surface area contributed by atoms with Crippen LogP contribution in [0.1, 0.15) is 36.6 Å². The molecule has 2 aromatic heterocycles. The summed E-state index contributed by atoms with van der Waals surface area (Å²) in [5, 5.41) is 8.58. The molecule has 1 atom stereocenters. The monoisotopic (exact) mass is 271 g/mol.